The van der Waals surface area contributed by atoms with Crippen LogP contribution < -0.4 is 11.1 Å². The average Bonchev–Trinajstić information content (AvgIpc) is 2.89. The molecule has 2 aromatic heterocycles. The molecule has 6 heteroatoms. The number of fused-ring (bicyclic) bond motifs is 1. The monoisotopic (exact) mass is 240 g/mol. The lowest BCUT2D eigenvalue weighted by molar-refractivity contribution is 0.988. The molecule has 0 fully saturated rings. The number of nitrogens with one attached hydrogen (secondary N) is 2. The first-order valence-corrected chi connectivity index (χ1v) is 5.55. The zero-order chi connectivity index (χ0) is 12.4. The van der Waals surface area contributed by atoms with E-state index < -0.39 is 0 Å². The van der Waals surface area contributed by atoms with Crippen LogP contribution in [-0.4, -0.2) is 19.9 Å². The predicted molar refractivity (Wildman–Crippen MR) is 69.9 cm³/mol. The lowest BCUT2D eigenvalue weighted by Crippen LogP contribution is -2.04. The molecule has 0 aliphatic heterocycles. The summed E-state index contributed by atoms with van der Waals surface area (Å²) >= 11 is 0. The van der Waals surface area contributed by atoms with Crippen molar-refractivity contribution < 1.29 is 0 Å². The molecular formula is C12H12N6. The van der Waals surface area contributed by atoms with Gasteiger partial charge in [0.1, 0.15) is 18.0 Å². The van der Waals surface area contributed by atoms with Crippen LogP contribution in [0.15, 0.2) is 36.9 Å². The van der Waals surface area contributed by atoms with Crippen LogP contribution in [-0.2, 0) is 6.54 Å². The van der Waals surface area contributed by atoms with Crippen molar-refractivity contribution in [2.24, 2.45) is 0 Å². The van der Waals surface area contributed by atoms with E-state index in [2.05, 4.69) is 25.3 Å². The van der Waals surface area contributed by atoms with Crippen molar-refractivity contribution in [1.82, 2.24) is 19.9 Å². The Morgan fingerprint density at radius 1 is 1.22 bits per heavy atom. The summed E-state index contributed by atoms with van der Waals surface area (Å²) in [4.78, 5) is 15.6. The van der Waals surface area contributed by atoms with Gasteiger partial charge in [0.2, 0.25) is 0 Å². The number of benzene rings is 1. The molecule has 0 spiro atoms. The Hall–Kier alpha value is -2.63. The largest absolute Gasteiger partial charge is 0.399 e. The molecular weight excluding hydrogens is 228 g/mol. The third kappa shape index (κ3) is 1.95. The van der Waals surface area contributed by atoms with Gasteiger partial charge in [-0.25, -0.2) is 15.0 Å². The summed E-state index contributed by atoms with van der Waals surface area (Å²) in [6, 6.07) is 5.57. The van der Waals surface area contributed by atoms with Crippen molar-refractivity contribution in [3.8, 4) is 0 Å². The van der Waals surface area contributed by atoms with E-state index in [4.69, 9.17) is 5.73 Å². The van der Waals surface area contributed by atoms with Crippen LogP contribution in [0.5, 0.6) is 0 Å². The van der Waals surface area contributed by atoms with Crippen molar-refractivity contribution in [2.45, 2.75) is 6.54 Å². The molecule has 3 aromatic rings. The van der Waals surface area contributed by atoms with Crippen LogP contribution in [0.4, 0.5) is 11.5 Å². The maximum atomic E-state index is 5.78. The molecule has 4 N–H and O–H groups in total. The number of imidazole rings is 1. The van der Waals surface area contributed by atoms with E-state index in [0.717, 1.165) is 22.5 Å². The lowest BCUT2D eigenvalue weighted by Gasteiger charge is -2.07. The molecule has 0 aliphatic rings. The normalized spacial score (nSPS) is 10.7. The number of aromatic nitrogens is 4. The number of hydrogen-bond donors (Lipinski definition) is 3. The number of nitrogen functional groups attached to an aromatic ring is 1. The predicted octanol–water partition coefficient (Wildman–Crippen LogP) is 1.55. The van der Waals surface area contributed by atoms with Gasteiger partial charge in [0.15, 0.2) is 0 Å². The first-order chi connectivity index (χ1) is 8.83. The third-order valence-corrected chi connectivity index (χ3v) is 2.64. The summed E-state index contributed by atoms with van der Waals surface area (Å²) in [6.07, 6.45) is 5.03. The molecule has 1 aromatic carbocycles. The van der Waals surface area contributed by atoms with Crippen molar-refractivity contribution in [1.29, 1.82) is 0 Å². The molecule has 0 saturated heterocycles. The van der Waals surface area contributed by atoms with E-state index in [1.54, 1.807) is 12.4 Å². The molecule has 0 radical (unpaired) electrons. The highest BCUT2D eigenvalue weighted by Gasteiger charge is 2.04. The Labute approximate surface area is 103 Å². The average molecular weight is 240 g/mol. The molecule has 0 aliphatic carbocycles. The van der Waals surface area contributed by atoms with Crippen LogP contribution in [0, 0.1) is 0 Å². The van der Waals surface area contributed by atoms with Crippen molar-refractivity contribution in [3.63, 3.8) is 0 Å². The first-order valence-electron chi connectivity index (χ1n) is 5.55. The maximum Gasteiger partial charge on any atom is 0.137 e. The van der Waals surface area contributed by atoms with Crippen LogP contribution in [0.1, 0.15) is 5.82 Å². The highest BCUT2D eigenvalue weighted by molar-refractivity contribution is 5.91. The van der Waals surface area contributed by atoms with E-state index in [1.807, 2.05) is 18.2 Å². The molecule has 90 valence electrons. The molecule has 0 unspecified atom stereocenters. The zero-order valence-electron chi connectivity index (χ0n) is 9.59. The zero-order valence-corrected chi connectivity index (χ0v) is 9.59. The Kier molecular flexibility index (Phi) is 2.53. The molecule has 18 heavy (non-hydrogen) atoms. The van der Waals surface area contributed by atoms with E-state index in [-0.39, 0.29) is 0 Å². The second-order valence-corrected chi connectivity index (χ2v) is 3.89. The quantitative estimate of drug-likeness (QED) is 0.604. The maximum absolute atomic E-state index is 5.78. The number of nitrogens with two attached hydrogens (primary N) is 1. The third-order valence-electron chi connectivity index (χ3n) is 2.64. The van der Waals surface area contributed by atoms with Crippen LogP contribution in [0.2, 0.25) is 0 Å². The summed E-state index contributed by atoms with van der Waals surface area (Å²) in [5, 5.41) is 4.12. The minimum atomic E-state index is 0.577. The minimum Gasteiger partial charge on any atom is -0.399 e. The Morgan fingerprint density at radius 3 is 3.00 bits per heavy atom. The smallest absolute Gasteiger partial charge is 0.137 e. The summed E-state index contributed by atoms with van der Waals surface area (Å²) in [7, 11) is 0. The second-order valence-electron chi connectivity index (χ2n) is 3.89. The van der Waals surface area contributed by atoms with Crippen molar-refractivity contribution in [3.05, 3.63) is 42.7 Å². The minimum absolute atomic E-state index is 0.577. The van der Waals surface area contributed by atoms with Gasteiger partial charge in [-0.3, -0.25) is 0 Å². The van der Waals surface area contributed by atoms with Gasteiger partial charge >= 0.3 is 0 Å². The molecule has 0 amide bonds. The van der Waals surface area contributed by atoms with Gasteiger partial charge in [0.25, 0.3) is 0 Å². The molecule has 0 atom stereocenters. The van der Waals surface area contributed by atoms with Crippen LogP contribution >= 0.6 is 0 Å². The number of anilines is 2. The molecule has 2 heterocycles. The first kappa shape index (κ1) is 10.5. The molecule has 3 rings (SSSR count). The molecule has 6 nitrogen and oxygen atoms in total. The van der Waals surface area contributed by atoms with Crippen molar-refractivity contribution >= 4 is 22.4 Å². The summed E-state index contributed by atoms with van der Waals surface area (Å²) < 4.78 is 0. The van der Waals surface area contributed by atoms with E-state index >= 15 is 0 Å². The number of aromatic amines is 1. The fourth-order valence-corrected chi connectivity index (χ4v) is 1.78. The number of H-pyrrole nitrogens is 1. The summed E-state index contributed by atoms with van der Waals surface area (Å²) in [6.45, 7) is 0.577. The van der Waals surface area contributed by atoms with Gasteiger partial charge in [-0.15, -0.1) is 0 Å². The second kappa shape index (κ2) is 4.33. The number of rotatable bonds is 3. The summed E-state index contributed by atoms with van der Waals surface area (Å²) in [5.74, 6) is 1.61. The van der Waals surface area contributed by atoms with E-state index in [0.29, 0.717) is 12.2 Å². The van der Waals surface area contributed by atoms with Gasteiger partial charge in [-0.05, 0) is 18.2 Å². The van der Waals surface area contributed by atoms with Crippen molar-refractivity contribution in [2.75, 3.05) is 11.1 Å². The fourth-order valence-electron chi connectivity index (χ4n) is 1.78. The van der Waals surface area contributed by atoms with Gasteiger partial charge in [-0.1, -0.05) is 0 Å². The summed E-state index contributed by atoms with van der Waals surface area (Å²) in [5.41, 5.74) is 7.34. The Bertz CT molecular complexity index is 661. The van der Waals surface area contributed by atoms with Gasteiger partial charge in [-0.2, -0.15) is 0 Å². The lowest BCUT2D eigenvalue weighted by atomic mass is 10.2. The van der Waals surface area contributed by atoms with E-state index in [1.165, 1.54) is 6.33 Å². The highest BCUT2D eigenvalue weighted by Crippen LogP contribution is 2.21. The highest BCUT2D eigenvalue weighted by atomic mass is 15.0. The van der Waals surface area contributed by atoms with Crippen LogP contribution in [0.25, 0.3) is 10.9 Å². The SMILES string of the molecule is Nc1ccc2ncnc(NCc3ncc[nH]3)c2c1. The van der Waals surface area contributed by atoms with E-state index in [9.17, 15) is 0 Å². The van der Waals surface area contributed by atoms with Gasteiger partial charge in [0.05, 0.1) is 12.1 Å². The van der Waals surface area contributed by atoms with Crippen LogP contribution in [0.3, 0.4) is 0 Å². The standard InChI is InChI=1S/C12H12N6/c13-8-1-2-10-9(5-8)12(18-7-17-10)16-6-11-14-3-4-15-11/h1-5,7H,6,13H2,(H,14,15)(H,16,17,18). The number of nitrogens with zero attached hydrogens (tertiary/aromatic N) is 3. The van der Waals surface area contributed by atoms with Gasteiger partial charge < -0.3 is 16.0 Å². The topological polar surface area (TPSA) is 92.5 Å². The molecule has 0 saturated carbocycles. The Balaban J connectivity index is 1.93. The fraction of sp³-hybridized carbons (Fsp3) is 0.0833. The molecule has 0 bridgehead atoms. The Morgan fingerprint density at radius 2 is 2.17 bits per heavy atom. The van der Waals surface area contributed by atoms with Gasteiger partial charge in [0, 0.05) is 23.5 Å². The number of hydrogen-bond acceptors (Lipinski definition) is 5.